The van der Waals surface area contributed by atoms with E-state index in [1.54, 1.807) is 0 Å². The number of halogens is 15. The van der Waals surface area contributed by atoms with Gasteiger partial charge < -0.3 is 4.74 Å². The van der Waals surface area contributed by atoms with Gasteiger partial charge >= 0.3 is 10.6 Å². The summed E-state index contributed by atoms with van der Waals surface area (Å²) in [6.07, 6.45) is 0. The Bertz CT molecular complexity index is 822. The summed E-state index contributed by atoms with van der Waals surface area (Å²) >= 11 is 60.3. The second kappa shape index (κ2) is 49.2. The maximum absolute atomic E-state index is 9.99. The van der Waals surface area contributed by atoms with Gasteiger partial charge in [0.15, 0.2) is 3.79 Å². The molecule has 0 N–H and O–H groups in total. The first-order chi connectivity index (χ1) is 19.4. The van der Waals surface area contributed by atoms with Crippen molar-refractivity contribution in [3.63, 3.8) is 0 Å². The van der Waals surface area contributed by atoms with Crippen molar-refractivity contribution in [2.45, 2.75) is 14.5 Å². The molecule has 0 spiro atoms. The lowest BCUT2D eigenvalue weighted by molar-refractivity contribution is 0.475. The fraction of sp³-hybridized carbons (Fsp3) is 0.500. The minimum atomic E-state index is -5.67. The molecule has 4 nitrogen and oxygen atoms in total. The summed E-state index contributed by atoms with van der Waals surface area (Å²) in [6, 6.07) is 16.7. The number of nitriles is 1. The highest BCUT2D eigenvalue weighted by molar-refractivity contribution is 14.1. The molecule has 0 radical (unpaired) electrons. The minimum absolute atomic E-state index is 0. The molecule has 0 aliphatic carbocycles. The molecule has 0 amide bonds. The van der Waals surface area contributed by atoms with Crippen LogP contribution in [0.5, 0.6) is 0 Å². The van der Waals surface area contributed by atoms with Crippen LogP contribution in [-0.2, 0) is 15.3 Å². The highest BCUT2D eigenvalue weighted by atomic mass is 127. The Hall–Kier alpha value is 2.79. The van der Waals surface area contributed by atoms with E-state index in [0.29, 0.717) is 11.8 Å². The van der Waals surface area contributed by atoms with E-state index >= 15 is 0 Å². The second-order valence-corrected chi connectivity index (χ2v) is 13.3. The fourth-order valence-electron chi connectivity index (χ4n) is 1.13. The van der Waals surface area contributed by atoms with Crippen molar-refractivity contribution in [2.24, 2.45) is 0 Å². The highest BCUT2D eigenvalue weighted by Crippen LogP contribution is 2.26. The van der Waals surface area contributed by atoms with Gasteiger partial charge in [0, 0.05) is 18.3 Å². The third-order valence-electron chi connectivity index (χ3n) is 2.09. The maximum atomic E-state index is 9.99. The average Bonchev–Trinajstić information content (AvgIpc) is 3.81. The van der Waals surface area contributed by atoms with E-state index in [1.165, 1.54) is 17.7 Å². The molecule has 0 bridgehead atoms. The number of epoxide rings is 1. The van der Waals surface area contributed by atoms with Gasteiger partial charge in [-0.2, -0.15) is 18.3 Å². The quantitative estimate of drug-likeness (QED) is 0.0938. The van der Waals surface area contributed by atoms with Crippen molar-refractivity contribution in [1.29, 1.82) is 5.26 Å². The van der Waals surface area contributed by atoms with E-state index in [9.17, 15) is 7.77 Å². The number of nitrogens with zero attached hydrogens (tertiary/aromatic N) is 1. The van der Waals surface area contributed by atoms with Crippen molar-refractivity contribution in [3.05, 3.63) is 48.5 Å². The summed E-state index contributed by atoms with van der Waals surface area (Å²) in [5.41, 5.74) is 0. The standard InChI is InChI=1S/C10H8.C2H2Cl4.C2H3Cl3.C2H4Cl2.C2H4O.CH3Br.CH2Cl2.CH3I.CHN.F2O2S.H3P/c1-2-6-10-8-4-3-7-9(10)5-1;3-1-2(4,5)6;1-2(3,4)5;3-1-2-4;1-2-3-1;1-2;2-1-3;2*1-2;1-5(2,3)4;/h1-8H;1H2;1H3;1-2H2;1-2H2;1H3;1H2;1H3;1H;;1H3. The van der Waals surface area contributed by atoms with Gasteiger partial charge in [-0.1, -0.05) is 164 Å². The number of alkyl halides is 13. The molecule has 2 aromatic rings. The Balaban J connectivity index is -0.0000000557. The predicted octanol–water partition coefficient (Wildman–Crippen LogP) is 13.1. The number of hydrogen-bond donors (Lipinski definition) is 0. The number of ether oxygens (including phenoxy) is 1. The van der Waals surface area contributed by atoms with Crippen LogP contribution >= 0.6 is 176 Å². The van der Waals surface area contributed by atoms with E-state index in [4.69, 9.17) is 141 Å². The van der Waals surface area contributed by atoms with Gasteiger partial charge in [-0.15, -0.1) is 58.0 Å². The second-order valence-electron chi connectivity index (χ2n) is 5.35. The van der Waals surface area contributed by atoms with Crippen molar-refractivity contribution < 1.29 is 20.9 Å². The Morgan fingerprint density at radius 2 is 0.953 bits per heavy atom. The van der Waals surface area contributed by atoms with Crippen LogP contribution in [0.4, 0.5) is 7.77 Å². The predicted molar refractivity (Wildman–Crippen MR) is 213 cm³/mol. The van der Waals surface area contributed by atoms with Gasteiger partial charge in [-0.25, -0.2) is 5.26 Å². The summed E-state index contributed by atoms with van der Waals surface area (Å²) in [7, 11) is -5.67. The summed E-state index contributed by atoms with van der Waals surface area (Å²) in [6.45, 7) is 6.98. The minimum Gasteiger partial charge on any atom is -0.377 e. The summed E-state index contributed by atoms with van der Waals surface area (Å²) < 4.78 is 38.7. The Kier molecular flexibility index (Phi) is 73.6. The molecule has 1 unspecified atom stereocenters. The van der Waals surface area contributed by atoms with Crippen molar-refractivity contribution in [2.75, 3.05) is 47.0 Å². The summed E-state index contributed by atoms with van der Waals surface area (Å²) in [5.74, 6) is 2.97. The monoisotopic (exact) mass is 1050 g/mol. The van der Waals surface area contributed by atoms with Gasteiger partial charge in [0.05, 0.1) is 24.4 Å². The lowest BCUT2D eigenvalue weighted by Gasteiger charge is -2.00. The Morgan fingerprint density at radius 1 is 0.814 bits per heavy atom. The number of fused-ring (bicyclic) bond motifs is 1. The molecular weight excluding hydrogens is 1020 g/mol. The van der Waals surface area contributed by atoms with E-state index < -0.39 is 18.2 Å². The van der Waals surface area contributed by atoms with Gasteiger partial charge in [-0.05, 0) is 28.5 Å². The lowest BCUT2D eigenvalue weighted by atomic mass is 10.1. The van der Waals surface area contributed by atoms with Crippen molar-refractivity contribution in [3.8, 4) is 6.57 Å². The molecular formula is C22H33BrCl11F2INO3PS. The smallest absolute Gasteiger partial charge is 0.377 e. The lowest BCUT2D eigenvalue weighted by Crippen LogP contribution is -2.01. The van der Waals surface area contributed by atoms with Crippen LogP contribution in [0.1, 0.15) is 6.92 Å². The molecule has 1 saturated heterocycles. The van der Waals surface area contributed by atoms with Crippen LogP contribution in [0, 0.1) is 11.8 Å². The molecule has 21 heteroatoms. The van der Waals surface area contributed by atoms with E-state index in [0.717, 1.165) is 13.2 Å². The first-order valence-electron chi connectivity index (χ1n) is 9.96. The number of rotatable bonds is 1. The highest BCUT2D eigenvalue weighted by Gasteiger charge is 2.16. The molecule has 1 heterocycles. The topological polar surface area (TPSA) is 70.5 Å². The normalized spacial score (nSPS) is 9.86. The molecule has 43 heavy (non-hydrogen) atoms. The zero-order valence-electron chi connectivity index (χ0n) is 22.9. The molecule has 1 aliphatic heterocycles. The van der Waals surface area contributed by atoms with E-state index in [2.05, 4.69) is 98.4 Å². The number of benzene rings is 2. The molecule has 3 rings (SSSR count). The van der Waals surface area contributed by atoms with Crippen LogP contribution in [-0.4, -0.2) is 63.0 Å². The third kappa shape index (κ3) is 123. The SMILES string of the molecule is C#N.C1CO1.CBr.CC(Cl)(Cl)Cl.CI.ClCC(Cl)(Cl)Cl.ClCCCl.ClCCl.O=S(=O)(F)F.P.c1ccc2ccccc2c1. The molecule has 0 saturated carbocycles. The summed E-state index contributed by atoms with van der Waals surface area (Å²) in [4.78, 5) is 1.97. The Morgan fingerprint density at radius 3 is 1.02 bits per heavy atom. The van der Waals surface area contributed by atoms with Gasteiger partial charge in [-0.3, -0.25) is 0 Å². The van der Waals surface area contributed by atoms with Gasteiger partial charge in [0.1, 0.15) is 0 Å². The van der Waals surface area contributed by atoms with Crippen LogP contribution in [0.3, 0.4) is 0 Å². The Labute approximate surface area is 336 Å². The molecule has 2 aromatic carbocycles. The van der Waals surface area contributed by atoms with Crippen LogP contribution in [0.25, 0.3) is 10.8 Å². The fourth-order valence-corrected chi connectivity index (χ4v) is 1.13. The summed E-state index contributed by atoms with van der Waals surface area (Å²) in [5, 5.41) is 9.31. The van der Waals surface area contributed by atoms with Gasteiger partial charge in [0.25, 0.3) is 0 Å². The zero-order valence-corrected chi connectivity index (χ0v) is 37.2. The first-order valence-corrected chi connectivity index (χ1v) is 19.9. The average molecular weight is 1060 g/mol. The van der Waals surface area contributed by atoms with Crippen molar-refractivity contribution in [1.82, 2.24) is 0 Å². The molecule has 1 aliphatic rings. The van der Waals surface area contributed by atoms with Gasteiger partial charge in [0.2, 0.25) is 3.79 Å². The van der Waals surface area contributed by atoms with Crippen LogP contribution in [0.15, 0.2) is 48.5 Å². The van der Waals surface area contributed by atoms with Crippen molar-refractivity contribution >= 4 is 197 Å². The van der Waals surface area contributed by atoms with E-state index in [-0.39, 0.29) is 21.1 Å². The molecule has 1 fully saturated rings. The number of hydrogen-bond acceptors (Lipinski definition) is 4. The molecule has 0 aromatic heterocycles. The van der Waals surface area contributed by atoms with E-state index in [1.807, 2.05) is 10.8 Å². The maximum Gasteiger partial charge on any atom is 0.476 e. The van der Waals surface area contributed by atoms with Crippen LogP contribution < -0.4 is 0 Å². The molecule has 1 atom stereocenters. The largest absolute Gasteiger partial charge is 0.476 e. The zero-order chi connectivity index (χ0) is 35.3. The third-order valence-corrected chi connectivity index (χ3v) is 3.87. The molecule has 260 valence electrons. The first kappa shape index (κ1) is 64.3. The van der Waals surface area contributed by atoms with Crippen LogP contribution in [0.2, 0.25) is 0 Å².